The van der Waals surface area contributed by atoms with Gasteiger partial charge >= 0.3 is 0 Å². The van der Waals surface area contributed by atoms with Crippen LogP contribution in [0.3, 0.4) is 0 Å². The molecule has 0 amide bonds. The Hall–Kier alpha value is -1.46. The molecule has 0 N–H and O–H groups in total. The van der Waals surface area contributed by atoms with Crippen molar-refractivity contribution < 1.29 is 4.74 Å². The number of anilines is 1. The van der Waals surface area contributed by atoms with Crippen molar-refractivity contribution >= 4 is 16.5 Å². The number of piperidine rings is 1. The van der Waals surface area contributed by atoms with E-state index in [0.717, 1.165) is 24.6 Å². The third-order valence-corrected chi connectivity index (χ3v) is 6.08. The molecule has 0 bridgehead atoms. The first-order valence-corrected chi connectivity index (χ1v) is 8.75. The van der Waals surface area contributed by atoms with Gasteiger partial charge in [0.2, 0.25) is 5.13 Å². The van der Waals surface area contributed by atoms with Crippen molar-refractivity contribution in [2.75, 3.05) is 25.1 Å². The first kappa shape index (κ1) is 14.2. The zero-order valence-electron chi connectivity index (χ0n) is 13.1. The largest absolute Gasteiger partial charge is 0.377 e. The van der Waals surface area contributed by atoms with Gasteiger partial charge in [-0.1, -0.05) is 35.1 Å². The van der Waals surface area contributed by atoms with Crippen LogP contribution >= 0.6 is 11.3 Å². The number of aromatic nitrogens is 2. The van der Waals surface area contributed by atoms with Crippen molar-refractivity contribution in [3.8, 4) is 0 Å². The van der Waals surface area contributed by atoms with Crippen molar-refractivity contribution in [2.24, 2.45) is 0 Å². The van der Waals surface area contributed by atoms with E-state index in [1.165, 1.54) is 29.5 Å². The van der Waals surface area contributed by atoms with E-state index in [1.807, 2.05) is 12.6 Å². The highest BCUT2D eigenvalue weighted by Gasteiger charge is 2.45. The van der Waals surface area contributed by atoms with Gasteiger partial charge in [-0.2, -0.15) is 0 Å². The van der Waals surface area contributed by atoms with Crippen LogP contribution in [0.4, 0.5) is 5.13 Å². The minimum absolute atomic E-state index is 0.253. The second-order valence-electron chi connectivity index (χ2n) is 6.51. The minimum atomic E-state index is 0.253. The Morgan fingerprint density at radius 1 is 1.32 bits per heavy atom. The van der Waals surface area contributed by atoms with Gasteiger partial charge in [0.15, 0.2) is 0 Å². The summed E-state index contributed by atoms with van der Waals surface area (Å²) in [6.07, 6.45) is 3.71. The lowest BCUT2D eigenvalue weighted by Gasteiger charge is -2.40. The SMILES string of the molecule is CO[C@@H]1CC2(CCN(c3nncs3)CC2)c2ccc(C)cc21. The summed E-state index contributed by atoms with van der Waals surface area (Å²) < 4.78 is 5.79. The van der Waals surface area contributed by atoms with Gasteiger partial charge < -0.3 is 9.64 Å². The van der Waals surface area contributed by atoms with E-state index in [9.17, 15) is 0 Å². The molecule has 1 aliphatic heterocycles. The molecule has 0 radical (unpaired) electrons. The normalized spacial score (nSPS) is 23.0. The molecular weight excluding hydrogens is 294 g/mol. The van der Waals surface area contributed by atoms with Gasteiger partial charge in [-0.05, 0) is 37.3 Å². The molecule has 1 atom stereocenters. The number of ether oxygens (including phenoxy) is 1. The van der Waals surface area contributed by atoms with Crippen molar-refractivity contribution in [2.45, 2.75) is 37.7 Å². The van der Waals surface area contributed by atoms with Gasteiger partial charge in [0.25, 0.3) is 0 Å². The standard InChI is InChI=1S/C17H21N3OS/c1-12-3-4-14-13(9-12)15(21-2)10-17(14)5-7-20(8-6-17)16-19-18-11-22-16/h3-4,9,11,15H,5-8,10H2,1-2H3/t15-/m1/s1. The highest BCUT2D eigenvalue weighted by molar-refractivity contribution is 7.13. The Morgan fingerprint density at radius 3 is 2.82 bits per heavy atom. The Kier molecular flexibility index (Phi) is 3.42. The minimum Gasteiger partial charge on any atom is -0.377 e. The van der Waals surface area contributed by atoms with E-state index in [2.05, 4.69) is 40.2 Å². The molecule has 1 aliphatic carbocycles. The van der Waals surface area contributed by atoms with Gasteiger partial charge in [0.05, 0.1) is 6.10 Å². The van der Waals surface area contributed by atoms with Gasteiger partial charge in [-0.15, -0.1) is 10.2 Å². The quantitative estimate of drug-likeness (QED) is 0.850. The highest BCUT2D eigenvalue weighted by atomic mass is 32.1. The zero-order valence-corrected chi connectivity index (χ0v) is 13.9. The number of hydrogen-bond acceptors (Lipinski definition) is 5. The van der Waals surface area contributed by atoms with Gasteiger partial charge in [-0.25, -0.2) is 0 Å². The fourth-order valence-corrected chi connectivity index (χ4v) is 4.74. The predicted molar refractivity (Wildman–Crippen MR) is 88.6 cm³/mol. The average Bonchev–Trinajstić information content (AvgIpc) is 3.16. The van der Waals surface area contributed by atoms with Crippen molar-refractivity contribution in [3.05, 3.63) is 40.4 Å². The molecule has 5 heteroatoms. The number of benzene rings is 1. The number of rotatable bonds is 2. The smallest absolute Gasteiger partial charge is 0.208 e. The van der Waals surface area contributed by atoms with Crippen LogP contribution in [0, 0.1) is 6.92 Å². The molecular formula is C17H21N3OS. The molecule has 22 heavy (non-hydrogen) atoms. The summed E-state index contributed by atoms with van der Waals surface area (Å²) in [4.78, 5) is 2.37. The molecule has 0 unspecified atom stereocenters. The van der Waals surface area contributed by atoms with Gasteiger partial charge in [0.1, 0.15) is 5.51 Å². The maximum absolute atomic E-state index is 5.79. The molecule has 1 aromatic carbocycles. The Labute approximate surface area is 135 Å². The van der Waals surface area contributed by atoms with Crippen molar-refractivity contribution in [3.63, 3.8) is 0 Å². The number of nitrogens with zero attached hydrogens (tertiary/aromatic N) is 3. The van der Waals surface area contributed by atoms with E-state index in [4.69, 9.17) is 4.74 Å². The van der Waals surface area contributed by atoms with Gasteiger partial charge in [-0.3, -0.25) is 0 Å². The molecule has 1 saturated heterocycles. The third-order valence-electron chi connectivity index (χ3n) is 5.33. The van der Waals surface area contributed by atoms with E-state index in [1.54, 1.807) is 11.3 Å². The molecule has 1 fully saturated rings. The van der Waals surface area contributed by atoms with Crippen LogP contribution in [0.2, 0.25) is 0 Å². The first-order chi connectivity index (χ1) is 10.7. The molecule has 0 saturated carbocycles. The molecule has 4 nitrogen and oxygen atoms in total. The molecule has 2 aromatic rings. The van der Waals surface area contributed by atoms with Crippen LogP contribution in [0.15, 0.2) is 23.7 Å². The third kappa shape index (κ3) is 2.15. The molecule has 2 heterocycles. The highest BCUT2D eigenvalue weighted by Crippen LogP contribution is 2.52. The van der Waals surface area contributed by atoms with Crippen LogP contribution in [0.1, 0.15) is 42.1 Å². The summed E-state index contributed by atoms with van der Waals surface area (Å²) >= 11 is 1.63. The topological polar surface area (TPSA) is 38.2 Å². The lowest BCUT2D eigenvalue weighted by molar-refractivity contribution is 0.0840. The zero-order chi connectivity index (χ0) is 15.2. The lowest BCUT2D eigenvalue weighted by atomic mass is 9.73. The van der Waals surface area contributed by atoms with Crippen LogP contribution in [-0.2, 0) is 10.2 Å². The monoisotopic (exact) mass is 315 g/mol. The number of methoxy groups -OCH3 is 1. The van der Waals surface area contributed by atoms with Crippen LogP contribution in [-0.4, -0.2) is 30.4 Å². The Balaban J connectivity index is 1.62. The summed E-state index contributed by atoms with van der Waals surface area (Å²) in [7, 11) is 1.84. The van der Waals surface area contributed by atoms with Crippen LogP contribution in [0.25, 0.3) is 0 Å². The van der Waals surface area contributed by atoms with Crippen molar-refractivity contribution in [1.82, 2.24) is 10.2 Å². The summed E-state index contributed by atoms with van der Waals surface area (Å²) in [5.41, 5.74) is 6.34. The van der Waals surface area contributed by atoms with E-state index in [0.29, 0.717) is 0 Å². The molecule has 2 aliphatic rings. The maximum Gasteiger partial charge on any atom is 0.208 e. The summed E-state index contributed by atoms with van der Waals surface area (Å²) in [5, 5.41) is 9.23. The Morgan fingerprint density at radius 2 is 2.14 bits per heavy atom. The average molecular weight is 315 g/mol. The number of fused-ring (bicyclic) bond motifs is 2. The number of aryl methyl sites for hydroxylation is 1. The van der Waals surface area contributed by atoms with Crippen LogP contribution in [0.5, 0.6) is 0 Å². The second kappa shape index (κ2) is 5.32. The Bertz CT molecular complexity index is 663. The summed E-state index contributed by atoms with van der Waals surface area (Å²) in [6.45, 7) is 4.27. The number of hydrogen-bond donors (Lipinski definition) is 0. The van der Waals surface area contributed by atoms with Gasteiger partial charge in [0, 0.05) is 25.6 Å². The van der Waals surface area contributed by atoms with Crippen molar-refractivity contribution in [1.29, 1.82) is 0 Å². The van der Waals surface area contributed by atoms with E-state index < -0.39 is 0 Å². The van der Waals surface area contributed by atoms with E-state index >= 15 is 0 Å². The first-order valence-electron chi connectivity index (χ1n) is 7.87. The summed E-state index contributed by atoms with van der Waals surface area (Å²) in [6, 6.07) is 6.90. The van der Waals surface area contributed by atoms with Crippen LogP contribution < -0.4 is 4.90 Å². The van der Waals surface area contributed by atoms with E-state index in [-0.39, 0.29) is 11.5 Å². The molecule has 4 rings (SSSR count). The molecule has 1 spiro atoms. The summed E-state index contributed by atoms with van der Waals surface area (Å²) in [5.74, 6) is 0. The lowest BCUT2D eigenvalue weighted by Crippen LogP contribution is -2.41. The maximum atomic E-state index is 5.79. The molecule has 116 valence electrons. The second-order valence-corrected chi connectivity index (χ2v) is 7.32. The fraction of sp³-hybridized carbons (Fsp3) is 0.529. The fourth-order valence-electron chi connectivity index (χ4n) is 4.12. The predicted octanol–water partition coefficient (Wildman–Crippen LogP) is 3.48. The molecule has 1 aromatic heterocycles.